The quantitative estimate of drug-likeness (QED) is 0.383. The summed E-state index contributed by atoms with van der Waals surface area (Å²) in [4.78, 5) is 31.0. The van der Waals surface area contributed by atoms with Crippen LogP contribution in [0.4, 0.5) is 0 Å². The predicted octanol–water partition coefficient (Wildman–Crippen LogP) is 4.85. The van der Waals surface area contributed by atoms with Crippen molar-refractivity contribution >= 4 is 23.2 Å². The van der Waals surface area contributed by atoms with Crippen LogP contribution < -0.4 is 4.74 Å². The molecule has 0 aliphatic rings. The minimum absolute atomic E-state index is 0.0122. The number of rotatable bonds is 11. The molecule has 0 bridgehead atoms. The van der Waals surface area contributed by atoms with Gasteiger partial charge in [0.05, 0.1) is 20.1 Å². The van der Waals surface area contributed by atoms with Crippen LogP contribution in [-0.4, -0.2) is 41.8 Å². The fourth-order valence-electron chi connectivity index (χ4n) is 3.48. The molecule has 0 radical (unpaired) electrons. The Morgan fingerprint density at radius 3 is 2.27 bits per heavy atom. The standard InChI is InChI=1S/C27H30N2O3S/c1-4-15-28(26(30)17-22-10-12-24(32-3)13-11-22)20-27(31)29(18-23-8-6-5-7-9-23)19-25-21(2)14-16-33-25/h4-14,16H,1,15,17-20H2,2-3H3. The molecule has 3 aromatic rings. The molecule has 0 saturated carbocycles. The third kappa shape index (κ3) is 7.05. The average Bonchev–Trinajstić information content (AvgIpc) is 3.23. The van der Waals surface area contributed by atoms with Crippen molar-refractivity contribution in [2.24, 2.45) is 0 Å². The zero-order valence-electron chi connectivity index (χ0n) is 19.2. The molecule has 3 rings (SSSR count). The second-order valence-electron chi connectivity index (χ2n) is 7.85. The van der Waals surface area contributed by atoms with Gasteiger partial charge in [0.15, 0.2) is 0 Å². The van der Waals surface area contributed by atoms with E-state index in [1.54, 1.807) is 29.4 Å². The molecule has 0 N–H and O–H groups in total. The third-order valence-corrected chi connectivity index (χ3v) is 6.42. The maximum atomic E-state index is 13.4. The fraction of sp³-hybridized carbons (Fsp3) is 0.259. The van der Waals surface area contributed by atoms with Crippen molar-refractivity contribution in [3.63, 3.8) is 0 Å². The normalized spacial score (nSPS) is 10.5. The summed E-state index contributed by atoms with van der Waals surface area (Å²) in [6.45, 7) is 7.17. The number of hydrogen-bond donors (Lipinski definition) is 0. The van der Waals surface area contributed by atoms with Crippen molar-refractivity contribution in [3.05, 3.63) is 100 Å². The van der Waals surface area contributed by atoms with Crippen LogP contribution in [0, 0.1) is 6.92 Å². The Morgan fingerprint density at radius 1 is 0.939 bits per heavy atom. The van der Waals surface area contributed by atoms with E-state index in [-0.39, 0.29) is 24.8 Å². The number of methoxy groups -OCH3 is 1. The summed E-state index contributed by atoms with van der Waals surface area (Å²) in [6.07, 6.45) is 1.87. The van der Waals surface area contributed by atoms with Gasteiger partial charge < -0.3 is 14.5 Å². The minimum Gasteiger partial charge on any atom is -0.497 e. The summed E-state index contributed by atoms with van der Waals surface area (Å²) in [5.41, 5.74) is 3.10. The number of aryl methyl sites for hydroxylation is 1. The highest BCUT2D eigenvalue weighted by Crippen LogP contribution is 2.20. The van der Waals surface area contributed by atoms with Crippen molar-refractivity contribution in [3.8, 4) is 5.75 Å². The molecule has 5 nitrogen and oxygen atoms in total. The summed E-state index contributed by atoms with van der Waals surface area (Å²) in [7, 11) is 1.61. The van der Waals surface area contributed by atoms with Gasteiger partial charge in [0.25, 0.3) is 0 Å². The highest BCUT2D eigenvalue weighted by molar-refractivity contribution is 7.10. The highest BCUT2D eigenvalue weighted by Gasteiger charge is 2.22. The number of hydrogen-bond acceptors (Lipinski definition) is 4. The van der Waals surface area contributed by atoms with Crippen molar-refractivity contribution in [1.82, 2.24) is 9.80 Å². The molecule has 2 aromatic carbocycles. The van der Waals surface area contributed by atoms with Gasteiger partial charge in [-0.1, -0.05) is 48.5 Å². The van der Waals surface area contributed by atoms with Crippen LogP contribution in [0.25, 0.3) is 0 Å². The van der Waals surface area contributed by atoms with Gasteiger partial charge in [-0.05, 0) is 47.2 Å². The Labute approximate surface area is 199 Å². The molecule has 0 atom stereocenters. The van der Waals surface area contributed by atoms with E-state index in [2.05, 4.69) is 19.6 Å². The first-order valence-electron chi connectivity index (χ1n) is 10.9. The molecule has 0 fully saturated rings. The van der Waals surface area contributed by atoms with Crippen LogP contribution in [0.3, 0.4) is 0 Å². The van der Waals surface area contributed by atoms with Crippen LogP contribution in [0.15, 0.2) is 78.7 Å². The molecule has 0 unspecified atom stereocenters. The minimum atomic E-state index is -0.111. The van der Waals surface area contributed by atoms with Gasteiger partial charge in [0.1, 0.15) is 12.3 Å². The molecule has 0 aliphatic carbocycles. The maximum absolute atomic E-state index is 13.4. The van der Waals surface area contributed by atoms with Crippen LogP contribution in [0.2, 0.25) is 0 Å². The lowest BCUT2D eigenvalue weighted by Crippen LogP contribution is -2.43. The Kier molecular flexibility index (Phi) is 8.84. The van der Waals surface area contributed by atoms with Gasteiger partial charge in [0, 0.05) is 18.0 Å². The third-order valence-electron chi connectivity index (χ3n) is 5.41. The Hall–Kier alpha value is -3.38. The second-order valence-corrected chi connectivity index (χ2v) is 8.85. The van der Waals surface area contributed by atoms with Gasteiger partial charge in [-0.3, -0.25) is 9.59 Å². The van der Waals surface area contributed by atoms with E-state index in [1.807, 2.05) is 64.9 Å². The summed E-state index contributed by atoms with van der Waals surface area (Å²) >= 11 is 1.65. The van der Waals surface area contributed by atoms with Crippen LogP contribution in [0.5, 0.6) is 5.75 Å². The largest absolute Gasteiger partial charge is 0.497 e. The molecule has 1 aromatic heterocycles. The van der Waals surface area contributed by atoms with E-state index in [0.29, 0.717) is 19.6 Å². The zero-order chi connectivity index (χ0) is 23.6. The lowest BCUT2D eigenvalue weighted by molar-refractivity contribution is -0.140. The van der Waals surface area contributed by atoms with E-state index in [4.69, 9.17) is 4.74 Å². The first kappa shape index (κ1) is 24.3. The van der Waals surface area contributed by atoms with E-state index in [9.17, 15) is 9.59 Å². The number of thiophene rings is 1. The first-order chi connectivity index (χ1) is 16.0. The fourth-order valence-corrected chi connectivity index (χ4v) is 4.40. The molecule has 172 valence electrons. The molecule has 0 saturated heterocycles. The summed E-state index contributed by atoms with van der Waals surface area (Å²) < 4.78 is 5.18. The smallest absolute Gasteiger partial charge is 0.242 e. The lowest BCUT2D eigenvalue weighted by Gasteiger charge is -2.27. The number of benzene rings is 2. The molecular formula is C27H30N2O3S. The van der Waals surface area contributed by atoms with E-state index >= 15 is 0 Å². The second kappa shape index (κ2) is 12.0. The molecular weight excluding hydrogens is 432 g/mol. The number of nitrogens with zero attached hydrogens (tertiary/aromatic N) is 2. The van der Waals surface area contributed by atoms with Gasteiger partial charge >= 0.3 is 0 Å². The number of carbonyl (C=O) groups excluding carboxylic acids is 2. The van der Waals surface area contributed by atoms with Gasteiger partial charge in [-0.25, -0.2) is 0 Å². The van der Waals surface area contributed by atoms with Crippen molar-refractivity contribution < 1.29 is 14.3 Å². The molecule has 0 spiro atoms. The Morgan fingerprint density at radius 2 is 1.67 bits per heavy atom. The number of carbonyl (C=O) groups is 2. The van der Waals surface area contributed by atoms with Crippen LogP contribution >= 0.6 is 11.3 Å². The monoisotopic (exact) mass is 462 g/mol. The summed E-state index contributed by atoms with van der Waals surface area (Å²) in [5.74, 6) is 0.543. The summed E-state index contributed by atoms with van der Waals surface area (Å²) in [5, 5.41) is 2.04. The van der Waals surface area contributed by atoms with Crippen LogP contribution in [0.1, 0.15) is 21.6 Å². The maximum Gasteiger partial charge on any atom is 0.242 e. The number of amides is 2. The SMILES string of the molecule is C=CCN(CC(=O)N(Cc1ccccc1)Cc1sccc1C)C(=O)Cc1ccc(OC)cc1. The van der Waals surface area contributed by atoms with Crippen molar-refractivity contribution in [2.75, 3.05) is 20.2 Å². The first-order valence-corrected chi connectivity index (χ1v) is 11.7. The Balaban J connectivity index is 1.73. The highest BCUT2D eigenvalue weighted by atomic mass is 32.1. The van der Waals surface area contributed by atoms with Crippen molar-refractivity contribution in [2.45, 2.75) is 26.4 Å². The van der Waals surface area contributed by atoms with Gasteiger partial charge in [0.2, 0.25) is 11.8 Å². The average molecular weight is 463 g/mol. The van der Waals surface area contributed by atoms with Crippen molar-refractivity contribution in [1.29, 1.82) is 0 Å². The molecule has 2 amide bonds. The van der Waals surface area contributed by atoms with Gasteiger partial charge in [-0.2, -0.15) is 0 Å². The van der Waals surface area contributed by atoms with Crippen LogP contribution in [-0.2, 0) is 29.1 Å². The zero-order valence-corrected chi connectivity index (χ0v) is 20.0. The Bertz CT molecular complexity index is 1060. The molecule has 6 heteroatoms. The van der Waals surface area contributed by atoms with Gasteiger partial charge in [-0.15, -0.1) is 17.9 Å². The molecule has 0 aliphatic heterocycles. The van der Waals surface area contributed by atoms with E-state index < -0.39 is 0 Å². The van der Waals surface area contributed by atoms with E-state index in [0.717, 1.165) is 21.8 Å². The molecule has 33 heavy (non-hydrogen) atoms. The summed E-state index contributed by atoms with van der Waals surface area (Å²) in [6, 6.07) is 19.4. The lowest BCUT2D eigenvalue weighted by atomic mass is 10.1. The number of ether oxygens (including phenoxy) is 1. The topological polar surface area (TPSA) is 49.9 Å². The van der Waals surface area contributed by atoms with E-state index in [1.165, 1.54) is 5.56 Å². The molecule has 1 heterocycles. The predicted molar refractivity (Wildman–Crippen MR) is 133 cm³/mol.